The highest BCUT2D eigenvalue weighted by atomic mass is 19.3. The molecule has 1 aliphatic heterocycles. The van der Waals surface area contributed by atoms with E-state index in [0.717, 1.165) is 5.56 Å². The number of ether oxygens (including phenoxy) is 2. The van der Waals surface area contributed by atoms with Crippen LogP contribution < -0.4 is 0 Å². The van der Waals surface area contributed by atoms with Gasteiger partial charge in [0.2, 0.25) is 0 Å². The van der Waals surface area contributed by atoms with Crippen molar-refractivity contribution in [2.75, 3.05) is 13.1 Å². The Kier molecular flexibility index (Phi) is 5.24. The number of hydrogen-bond acceptors (Lipinski definition) is 3. The first-order valence-electron chi connectivity index (χ1n) is 7.69. The van der Waals surface area contributed by atoms with E-state index in [1.165, 1.54) is 4.90 Å². The molecule has 1 aromatic carbocycles. The van der Waals surface area contributed by atoms with E-state index in [0.29, 0.717) is 0 Å². The Bertz CT molecular complexity index is 528. The molecule has 128 valence electrons. The molecular formula is C17H23F2NO3. The van der Waals surface area contributed by atoms with Gasteiger partial charge in [0.05, 0.1) is 13.2 Å². The molecule has 1 fully saturated rings. The van der Waals surface area contributed by atoms with Gasteiger partial charge in [0.25, 0.3) is 5.92 Å². The Morgan fingerprint density at radius 2 is 1.96 bits per heavy atom. The van der Waals surface area contributed by atoms with Gasteiger partial charge in [0.1, 0.15) is 11.7 Å². The Balaban J connectivity index is 1.97. The Morgan fingerprint density at radius 3 is 2.57 bits per heavy atom. The number of benzene rings is 1. The summed E-state index contributed by atoms with van der Waals surface area (Å²) >= 11 is 0. The van der Waals surface area contributed by atoms with Crippen LogP contribution >= 0.6 is 0 Å². The van der Waals surface area contributed by atoms with Crippen molar-refractivity contribution in [1.82, 2.24) is 4.90 Å². The van der Waals surface area contributed by atoms with Crippen molar-refractivity contribution < 1.29 is 23.0 Å². The summed E-state index contributed by atoms with van der Waals surface area (Å²) in [6, 6.07) is 9.12. The number of rotatable bonds is 3. The lowest BCUT2D eigenvalue weighted by molar-refractivity contribution is -0.173. The normalized spacial score (nSPS) is 21.1. The summed E-state index contributed by atoms with van der Waals surface area (Å²) in [6.45, 7) is 5.11. The first-order chi connectivity index (χ1) is 10.7. The molecule has 2 rings (SSSR count). The summed E-state index contributed by atoms with van der Waals surface area (Å²) in [4.78, 5) is 13.3. The van der Waals surface area contributed by atoms with Gasteiger partial charge in [0.15, 0.2) is 0 Å². The summed E-state index contributed by atoms with van der Waals surface area (Å²) < 4.78 is 38.7. The van der Waals surface area contributed by atoms with Crippen molar-refractivity contribution in [2.24, 2.45) is 0 Å². The lowest BCUT2D eigenvalue weighted by Gasteiger charge is -2.38. The summed E-state index contributed by atoms with van der Waals surface area (Å²) in [6.07, 6.45) is -2.34. The molecule has 0 spiro atoms. The molecule has 1 unspecified atom stereocenters. The molecule has 0 N–H and O–H groups in total. The number of halogens is 2. The van der Waals surface area contributed by atoms with E-state index in [1.54, 1.807) is 20.8 Å². The average molecular weight is 327 g/mol. The van der Waals surface area contributed by atoms with E-state index in [4.69, 9.17) is 9.47 Å². The van der Waals surface area contributed by atoms with Crippen LogP contribution in [0.15, 0.2) is 30.3 Å². The van der Waals surface area contributed by atoms with Crippen LogP contribution in [0.2, 0.25) is 0 Å². The second-order valence-corrected chi connectivity index (χ2v) is 6.72. The molecule has 0 aliphatic carbocycles. The van der Waals surface area contributed by atoms with Crippen LogP contribution in [-0.2, 0) is 16.1 Å². The van der Waals surface area contributed by atoms with Crippen molar-refractivity contribution in [1.29, 1.82) is 0 Å². The van der Waals surface area contributed by atoms with Crippen LogP contribution in [0.3, 0.4) is 0 Å². The summed E-state index contributed by atoms with van der Waals surface area (Å²) in [7, 11) is 0. The maximum Gasteiger partial charge on any atom is 0.410 e. The Labute approximate surface area is 135 Å². The van der Waals surface area contributed by atoms with Gasteiger partial charge in [-0.25, -0.2) is 13.6 Å². The highest BCUT2D eigenvalue weighted by Gasteiger charge is 2.46. The van der Waals surface area contributed by atoms with Crippen molar-refractivity contribution >= 4 is 6.09 Å². The predicted molar refractivity (Wildman–Crippen MR) is 82.4 cm³/mol. The predicted octanol–water partition coefficient (Wildman–Crippen LogP) is 3.85. The lowest BCUT2D eigenvalue weighted by Crippen LogP contribution is -2.54. The van der Waals surface area contributed by atoms with E-state index in [1.807, 2.05) is 30.3 Å². The number of nitrogens with zero attached hydrogens (tertiary/aromatic N) is 1. The fourth-order valence-corrected chi connectivity index (χ4v) is 2.31. The summed E-state index contributed by atoms with van der Waals surface area (Å²) in [5.41, 5.74) is 0.162. The van der Waals surface area contributed by atoms with Crippen molar-refractivity contribution in [2.45, 2.75) is 51.4 Å². The minimum absolute atomic E-state index is 0.0346. The topological polar surface area (TPSA) is 38.8 Å². The maximum absolute atomic E-state index is 14.0. The van der Waals surface area contributed by atoms with Crippen molar-refractivity contribution in [3.63, 3.8) is 0 Å². The number of alkyl halides is 2. The molecule has 0 saturated carbocycles. The van der Waals surface area contributed by atoms with E-state index in [2.05, 4.69) is 0 Å². The third-order valence-electron chi connectivity index (χ3n) is 3.52. The zero-order valence-corrected chi connectivity index (χ0v) is 13.7. The average Bonchev–Trinajstić information content (AvgIpc) is 2.45. The SMILES string of the molecule is CC(C)(C)OC(=O)N1CCC(F)(F)C(OCc2ccccc2)C1. The third kappa shape index (κ3) is 5.16. The minimum Gasteiger partial charge on any atom is -0.444 e. The largest absolute Gasteiger partial charge is 0.444 e. The zero-order chi connectivity index (χ0) is 17.1. The number of hydrogen-bond donors (Lipinski definition) is 0. The quantitative estimate of drug-likeness (QED) is 0.846. The van der Waals surface area contributed by atoms with Gasteiger partial charge in [-0.3, -0.25) is 0 Å². The first kappa shape index (κ1) is 17.7. The molecular weight excluding hydrogens is 304 g/mol. The van der Waals surface area contributed by atoms with Crippen LogP contribution in [0.4, 0.5) is 13.6 Å². The van der Waals surface area contributed by atoms with Crippen LogP contribution in [0.25, 0.3) is 0 Å². The van der Waals surface area contributed by atoms with E-state index < -0.39 is 30.1 Å². The number of likely N-dealkylation sites (tertiary alicyclic amines) is 1. The standard InChI is InChI=1S/C17H23F2NO3/c1-16(2,3)23-15(21)20-10-9-17(18,19)14(11-20)22-12-13-7-5-4-6-8-13/h4-8,14H,9-12H2,1-3H3. The second-order valence-electron chi connectivity index (χ2n) is 6.72. The second kappa shape index (κ2) is 6.83. The molecule has 0 aromatic heterocycles. The van der Waals surface area contributed by atoms with Gasteiger partial charge in [-0.1, -0.05) is 30.3 Å². The highest BCUT2D eigenvalue weighted by Crippen LogP contribution is 2.31. The van der Waals surface area contributed by atoms with Gasteiger partial charge in [-0.2, -0.15) is 0 Å². The summed E-state index contributed by atoms with van der Waals surface area (Å²) in [5.74, 6) is -2.95. The highest BCUT2D eigenvalue weighted by molar-refractivity contribution is 5.68. The molecule has 23 heavy (non-hydrogen) atoms. The number of piperidine rings is 1. The van der Waals surface area contributed by atoms with Crippen LogP contribution in [0.5, 0.6) is 0 Å². The number of carbonyl (C=O) groups excluding carboxylic acids is 1. The van der Waals surface area contributed by atoms with E-state index in [-0.39, 0.29) is 19.7 Å². The van der Waals surface area contributed by atoms with E-state index >= 15 is 0 Å². The Hall–Kier alpha value is -1.69. The minimum atomic E-state index is -2.95. The van der Waals surface area contributed by atoms with Gasteiger partial charge in [-0.15, -0.1) is 0 Å². The zero-order valence-electron chi connectivity index (χ0n) is 13.7. The molecule has 1 aliphatic rings. The van der Waals surface area contributed by atoms with Crippen LogP contribution in [0.1, 0.15) is 32.8 Å². The molecule has 1 heterocycles. The fraction of sp³-hybridized carbons (Fsp3) is 0.588. The third-order valence-corrected chi connectivity index (χ3v) is 3.52. The molecule has 4 nitrogen and oxygen atoms in total. The maximum atomic E-state index is 14.0. The van der Waals surface area contributed by atoms with Crippen LogP contribution in [-0.4, -0.2) is 41.7 Å². The van der Waals surface area contributed by atoms with Gasteiger partial charge >= 0.3 is 6.09 Å². The van der Waals surface area contributed by atoms with Crippen molar-refractivity contribution in [3.8, 4) is 0 Å². The summed E-state index contributed by atoms with van der Waals surface area (Å²) in [5, 5.41) is 0. The lowest BCUT2D eigenvalue weighted by atomic mass is 10.0. The molecule has 1 saturated heterocycles. The Morgan fingerprint density at radius 1 is 1.30 bits per heavy atom. The monoisotopic (exact) mass is 327 g/mol. The van der Waals surface area contributed by atoms with Crippen molar-refractivity contribution in [3.05, 3.63) is 35.9 Å². The number of carbonyl (C=O) groups is 1. The molecule has 6 heteroatoms. The molecule has 0 bridgehead atoms. The fourth-order valence-electron chi connectivity index (χ4n) is 2.31. The van der Waals surface area contributed by atoms with E-state index in [9.17, 15) is 13.6 Å². The molecule has 1 amide bonds. The molecule has 1 aromatic rings. The molecule has 0 radical (unpaired) electrons. The number of amides is 1. The van der Waals surface area contributed by atoms with Gasteiger partial charge < -0.3 is 14.4 Å². The van der Waals surface area contributed by atoms with Crippen LogP contribution in [0, 0.1) is 0 Å². The van der Waals surface area contributed by atoms with Gasteiger partial charge in [-0.05, 0) is 26.3 Å². The van der Waals surface area contributed by atoms with Gasteiger partial charge in [0, 0.05) is 13.0 Å². The first-order valence-corrected chi connectivity index (χ1v) is 7.69. The molecule has 1 atom stereocenters. The smallest absolute Gasteiger partial charge is 0.410 e.